The number of esters is 1. The molecule has 2 fully saturated rings. The number of aliphatic hydroxyl groups is 1. The number of carbonyl (C=O) groups is 1. The van der Waals surface area contributed by atoms with Crippen LogP contribution in [0.4, 0.5) is 10.2 Å². The van der Waals surface area contributed by atoms with Crippen molar-refractivity contribution in [2.24, 2.45) is 0 Å². The molecule has 4 rings (SSSR count). The van der Waals surface area contributed by atoms with Crippen LogP contribution in [0, 0.1) is 0 Å². The molecule has 4 N–H and O–H groups in total. The molecule has 1 aliphatic heterocycles. The molecule has 202 valence electrons. The summed E-state index contributed by atoms with van der Waals surface area (Å²) in [5.41, 5.74) is 0.744. The van der Waals surface area contributed by atoms with Gasteiger partial charge in [0.1, 0.15) is 41.5 Å². The van der Waals surface area contributed by atoms with Crippen LogP contribution < -0.4 is 21.0 Å². The number of ether oxygens (including phenoxy) is 2. The van der Waals surface area contributed by atoms with Gasteiger partial charge in [0.05, 0.1) is 12.7 Å². The number of aliphatic hydroxyl groups excluding tert-OH is 1. The number of nitrogens with one attached hydrogen (secondary N) is 1. The summed E-state index contributed by atoms with van der Waals surface area (Å²) < 4.78 is 52.5. The van der Waals surface area contributed by atoms with Crippen LogP contribution in [0.5, 0.6) is 5.75 Å². The molecular weight excluding hydrogens is 510 g/mol. The lowest BCUT2D eigenvalue weighted by molar-refractivity contribution is -0.149. The molecule has 3 unspecified atom stereocenters. The first-order valence-electron chi connectivity index (χ1n) is 11.7. The summed E-state index contributed by atoms with van der Waals surface area (Å²) in [5, 5.41) is 13.4. The van der Waals surface area contributed by atoms with E-state index in [0.717, 1.165) is 4.57 Å². The summed E-state index contributed by atoms with van der Waals surface area (Å²) in [5.74, 6) is -0.526. The van der Waals surface area contributed by atoms with Gasteiger partial charge in [-0.05, 0) is 45.9 Å². The van der Waals surface area contributed by atoms with Crippen LogP contribution in [-0.2, 0) is 23.4 Å². The number of para-hydroxylation sites is 1. The number of carbonyl (C=O) groups excluding carboxylic acids is 1. The van der Waals surface area contributed by atoms with Crippen molar-refractivity contribution in [1.29, 1.82) is 0 Å². The third-order valence-electron chi connectivity index (χ3n) is 6.16. The molecule has 37 heavy (non-hydrogen) atoms. The Balaban J connectivity index is 1.50. The number of anilines is 1. The Kier molecular flexibility index (Phi) is 7.21. The molecule has 2 aromatic rings. The van der Waals surface area contributed by atoms with E-state index in [-0.39, 0.29) is 11.6 Å². The molecule has 0 bridgehead atoms. The Morgan fingerprint density at radius 1 is 1.32 bits per heavy atom. The first-order valence-corrected chi connectivity index (χ1v) is 13.2. The van der Waals surface area contributed by atoms with Crippen molar-refractivity contribution < 1.29 is 37.4 Å². The highest BCUT2D eigenvalue weighted by Crippen LogP contribution is 2.64. The van der Waals surface area contributed by atoms with Crippen molar-refractivity contribution in [3.8, 4) is 5.75 Å². The van der Waals surface area contributed by atoms with E-state index in [2.05, 4.69) is 10.1 Å². The monoisotopic (exact) mass is 540 g/mol. The van der Waals surface area contributed by atoms with E-state index in [9.17, 15) is 19.3 Å². The third-order valence-corrected chi connectivity index (χ3v) is 7.78. The average Bonchev–Trinajstić information content (AvgIpc) is 3.33. The van der Waals surface area contributed by atoms with E-state index in [1.54, 1.807) is 32.0 Å². The third kappa shape index (κ3) is 5.27. The number of aromatic nitrogens is 2. The zero-order valence-electron chi connectivity index (χ0n) is 20.7. The molecule has 1 aliphatic carbocycles. The van der Waals surface area contributed by atoms with Crippen molar-refractivity contribution in [3.63, 3.8) is 0 Å². The lowest BCUT2D eigenvalue weighted by atomic mass is 9.96. The van der Waals surface area contributed by atoms with E-state index < -0.39 is 67.7 Å². The molecular formula is C23H30FN4O8P. The van der Waals surface area contributed by atoms with Crippen LogP contribution in [0.2, 0.25) is 0 Å². The summed E-state index contributed by atoms with van der Waals surface area (Å²) >= 11 is 0. The van der Waals surface area contributed by atoms with Crippen molar-refractivity contribution in [2.45, 2.75) is 69.4 Å². The van der Waals surface area contributed by atoms with Gasteiger partial charge in [-0.25, -0.2) is 13.8 Å². The molecule has 0 spiro atoms. The molecule has 7 atom stereocenters. The SMILES string of the molecule is CC(C)OC(=O)C(C)NP(=O)(OC[C@@]1(C)O[C@H]2C(n3ccc(N)nc3=O)[C@]2(F)[C@@H]1O)Oc1ccccc1. The second-order valence-electron chi connectivity index (χ2n) is 9.58. The van der Waals surface area contributed by atoms with Crippen LogP contribution in [0.25, 0.3) is 0 Å². The molecule has 0 amide bonds. The van der Waals surface area contributed by atoms with Gasteiger partial charge in [0, 0.05) is 6.20 Å². The van der Waals surface area contributed by atoms with Crippen LogP contribution in [-0.4, -0.2) is 62.9 Å². The zero-order chi connectivity index (χ0) is 27.2. The van der Waals surface area contributed by atoms with Crippen LogP contribution >= 0.6 is 7.75 Å². The van der Waals surface area contributed by atoms with Crippen LogP contribution in [0.15, 0.2) is 47.4 Å². The molecule has 1 saturated carbocycles. The Labute approximate surface area is 212 Å². The Morgan fingerprint density at radius 2 is 2.00 bits per heavy atom. The summed E-state index contributed by atoms with van der Waals surface area (Å²) in [6.07, 6.45) is -2.06. The summed E-state index contributed by atoms with van der Waals surface area (Å²) in [6, 6.07) is 7.22. The van der Waals surface area contributed by atoms with Gasteiger partial charge in [-0.3, -0.25) is 13.9 Å². The molecule has 14 heteroatoms. The maximum atomic E-state index is 15.8. The highest BCUT2D eigenvalue weighted by atomic mass is 31.2. The first kappa shape index (κ1) is 27.2. The molecule has 1 aromatic carbocycles. The standard InChI is InChI=1S/C23H30FN4O8P/c1-13(2)34-19(29)14(3)27-37(32,36-15-8-6-5-7-9-15)33-12-22(4)20(30)23(24)17(18(23)35-22)28-11-10-16(25)26-21(28)31/h5-11,13-14,17-18,20,30H,12H2,1-4H3,(H,27,32)(H2,25,26,31)/t14?,17?,18-,20+,22+,23+,37?/m0/s1. The minimum atomic E-state index is -4.27. The van der Waals surface area contributed by atoms with E-state index in [1.807, 2.05) is 0 Å². The number of nitrogens with two attached hydrogens (primary N) is 1. The topological polar surface area (TPSA) is 164 Å². The largest absolute Gasteiger partial charge is 0.462 e. The van der Waals surface area contributed by atoms with Gasteiger partial charge in [0.2, 0.25) is 0 Å². The molecule has 2 aliphatic rings. The van der Waals surface area contributed by atoms with Crippen LogP contribution in [0.1, 0.15) is 33.7 Å². The predicted octanol–water partition coefficient (Wildman–Crippen LogP) is 1.74. The number of hydrogen-bond donors (Lipinski definition) is 3. The van der Waals surface area contributed by atoms with Gasteiger partial charge in [0.15, 0.2) is 5.67 Å². The van der Waals surface area contributed by atoms with Gasteiger partial charge in [0.25, 0.3) is 0 Å². The number of alkyl halides is 1. The molecule has 0 radical (unpaired) electrons. The van der Waals surface area contributed by atoms with Crippen molar-refractivity contribution in [2.75, 3.05) is 12.3 Å². The number of halogens is 1. The summed E-state index contributed by atoms with van der Waals surface area (Å²) in [7, 11) is -4.27. The van der Waals surface area contributed by atoms with E-state index in [4.69, 9.17) is 24.3 Å². The van der Waals surface area contributed by atoms with Gasteiger partial charge >= 0.3 is 19.4 Å². The van der Waals surface area contributed by atoms with Crippen molar-refractivity contribution >= 4 is 19.5 Å². The molecule has 12 nitrogen and oxygen atoms in total. The number of rotatable bonds is 10. The minimum Gasteiger partial charge on any atom is -0.462 e. The summed E-state index contributed by atoms with van der Waals surface area (Å²) in [6.45, 7) is 5.57. The maximum Gasteiger partial charge on any atom is 0.459 e. The van der Waals surface area contributed by atoms with Crippen molar-refractivity contribution in [1.82, 2.24) is 14.6 Å². The second-order valence-corrected chi connectivity index (χ2v) is 11.3. The number of nitrogen functional groups attached to an aromatic ring is 1. The van der Waals surface area contributed by atoms with Gasteiger partial charge in [-0.1, -0.05) is 18.2 Å². The summed E-state index contributed by atoms with van der Waals surface area (Å²) in [4.78, 5) is 28.0. The van der Waals surface area contributed by atoms with E-state index in [1.165, 1.54) is 38.2 Å². The van der Waals surface area contributed by atoms with E-state index >= 15 is 4.39 Å². The normalized spacial score (nSPS) is 30.8. The number of nitrogens with zero attached hydrogens (tertiary/aromatic N) is 2. The smallest absolute Gasteiger partial charge is 0.459 e. The minimum absolute atomic E-state index is 0.0205. The zero-order valence-corrected chi connectivity index (χ0v) is 21.6. The molecule has 1 saturated heterocycles. The number of hydrogen-bond acceptors (Lipinski definition) is 10. The lowest BCUT2D eigenvalue weighted by Crippen LogP contribution is -2.49. The fourth-order valence-corrected chi connectivity index (χ4v) is 5.87. The highest BCUT2D eigenvalue weighted by molar-refractivity contribution is 7.52. The lowest BCUT2D eigenvalue weighted by Gasteiger charge is -2.33. The van der Waals surface area contributed by atoms with Gasteiger partial charge in [-0.2, -0.15) is 10.1 Å². The fraction of sp³-hybridized carbons (Fsp3) is 0.522. The van der Waals surface area contributed by atoms with Gasteiger partial charge in [-0.15, -0.1) is 0 Å². The second kappa shape index (κ2) is 9.80. The Hall–Kier alpha value is -2.83. The van der Waals surface area contributed by atoms with Crippen LogP contribution in [0.3, 0.4) is 0 Å². The van der Waals surface area contributed by atoms with E-state index in [0.29, 0.717) is 0 Å². The number of benzene rings is 1. The first-order chi connectivity index (χ1) is 17.3. The van der Waals surface area contributed by atoms with Crippen molar-refractivity contribution in [3.05, 3.63) is 53.1 Å². The quantitative estimate of drug-likeness (QED) is 0.297. The predicted molar refractivity (Wildman–Crippen MR) is 130 cm³/mol. The number of fused-ring (bicyclic) bond motifs is 1. The maximum absolute atomic E-state index is 15.8. The molecule has 1 aromatic heterocycles. The molecule has 2 heterocycles. The van der Waals surface area contributed by atoms with Gasteiger partial charge < -0.3 is 24.8 Å². The fourth-order valence-electron chi connectivity index (χ4n) is 4.28. The highest BCUT2D eigenvalue weighted by Gasteiger charge is 2.82. The average molecular weight is 540 g/mol. The Morgan fingerprint density at radius 3 is 2.57 bits per heavy atom. The Bertz CT molecular complexity index is 1260.